The van der Waals surface area contributed by atoms with Crippen molar-refractivity contribution in [1.82, 2.24) is 10.6 Å². The lowest BCUT2D eigenvalue weighted by Gasteiger charge is -2.15. The Labute approximate surface area is 108 Å². The summed E-state index contributed by atoms with van der Waals surface area (Å²) in [6.07, 6.45) is 0. The van der Waals surface area contributed by atoms with Crippen LogP contribution in [0.2, 0.25) is 0 Å². The summed E-state index contributed by atoms with van der Waals surface area (Å²) < 4.78 is 0. The van der Waals surface area contributed by atoms with Crippen molar-refractivity contribution in [3.05, 3.63) is 35.4 Å². The summed E-state index contributed by atoms with van der Waals surface area (Å²) in [6, 6.07) is 9.54. The molecule has 96 valence electrons. The molecule has 1 amide bonds. The van der Waals surface area contributed by atoms with Crippen molar-refractivity contribution in [3.63, 3.8) is 0 Å². The van der Waals surface area contributed by atoms with Gasteiger partial charge in [0.25, 0.3) is 0 Å². The molecule has 0 spiro atoms. The molecule has 4 nitrogen and oxygen atoms in total. The maximum Gasteiger partial charge on any atom is 0.234 e. The molecule has 0 saturated heterocycles. The zero-order valence-corrected chi connectivity index (χ0v) is 11.0. The normalized spacial score (nSPS) is 11.9. The molecule has 4 heteroatoms. The Morgan fingerprint density at radius 3 is 2.39 bits per heavy atom. The van der Waals surface area contributed by atoms with Crippen molar-refractivity contribution in [2.75, 3.05) is 6.54 Å². The zero-order valence-electron chi connectivity index (χ0n) is 11.0. The highest BCUT2D eigenvalue weighted by molar-refractivity contribution is 5.78. The molecule has 0 heterocycles. The van der Waals surface area contributed by atoms with Crippen molar-refractivity contribution >= 4 is 5.91 Å². The average Bonchev–Trinajstić information content (AvgIpc) is 2.36. The van der Waals surface area contributed by atoms with E-state index in [1.807, 2.05) is 32.9 Å². The highest BCUT2D eigenvalue weighted by atomic mass is 16.1. The fourth-order valence-corrected chi connectivity index (χ4v) is 1.52. The van der Waals surface area contributed by atoms with Gasteiger partial charge in [-0.25, -0.2) is 0 Å². The van der Waals surface area contributed by atoms with Crippen molar-refractivity contribution in [1.29, 1.82) is 5.26 Å². The molecule has 1 aromatic rings. The topological polar surface area (TPSA) is 64.9 Å². The van der Waals surface area contributed by atoms with E-state index in [2.05, 4.69) is 16.7 Å². The van der Waals surface area contributed by atoms with Crippen LogP contribution >= 0.6 is 0 Å². The van der Waals surface area contributed by atoms with Gasteiger partial charge in [-0.3, -0.25) is 4.79 Å². The van der Waals surface area contributed by atoms with Gasteiger partial charge in [0, 0.05) is 6.04 Å². The molecular formula is C14H19N3O. The van der Waals surface area contributed by atoms with E-state index in [-0.39, 0.29) is 11.9 Å². The third-order valence-electron chi connectivity index (χ3n) is 2.59. The fraction of sp³-hybridized carbons (Fsp3) is 0.429. The molecular weight excluding hydrogens is 226 g/mol. The number of amides is 1. The molecule has 0 bridgehead atoms. The first kappa shape index (κ1) is 14.2. The average molecular weight is 245 g/mol. The second-order valence-electron chi connectivity index (χ2n) is 4.56. The van der Waals surface area contributed by atoms with E-state index in [4.69, 9.17) is 5.26 Å². The van der Waals surface area contributed by atoms with Crippen LogP contribution in [0.15, 0.2) is 24.3 Å². The van der Waals surface area contributed by atoms with Gasteiger partial charge in [0.15, 0.2) is 0 Å². The third-order valence-corrected chi connectivity index (χ3v) is 2.59. The Hall–Kier alpha value is -1.86. The molecule has 1 atom stereocenters. The highest BCUT2D eigenvalue weighted by Crippen LogP contribution is 2.12. The predicted octanol–water partition coefficient (Wildman–Crippen LogP) is 1.73. The van der Waals surface area contributed by atoms with E-state index < -0.39 is 0 Å². The number of rotatable bonds is 5. The third kappa shape index (κ3) is 4.56. The van der Waals surface area contributed by atoms with Crippen LogP contribution < -0.4 is 10.6 Å². The molecule has 0 fully saturated rings. The van der Waals surface area contributed by atoms with E-state index in [0.29, 0.717) is 18.2 Å². The molecule has 1 aromatic carbocycles. The lowest BCUT2D eigenvalue weighted by molar-refractivity contribution is -0.121. The molecule has 0 aliphatic carbocycles. The monoisotopic (exact) mass is 245 g/mol. The van der Waals surface area contributed by atoms with Gasteiger partial charge >= 0.3 is 0 Å². The second kappa shape index (κ2) is 6.77. The molecule has 1 rings (SSSR count). The van der Waals surface area contributed by atoms with E-state index in [1.165, 1.54) is 0 Å². The lowest BCUT2D eigenvalue weighted by Crippen LogP contribution is -2.37. The van der Waals surface area contributed by atoms with E-state index in [1.54, 1.807) is 12.1 Å². The van der Waals surface area contributed by atoms with Crippen LogP contribution in [0.3, 0.4) is 0 Å². The second-order valence-corrected chi connectivity index (χ2v) is 4.56. The van der Waals surface area contributed by atoms with Crippen molar-refractivity contribution in [2.45, 2.75) is 32.9 Å². The Morgan fingerprint density at radius 1 is 1.28 bits per heavy atom. The first-order valence-electron chi connectivity index (χ1n) is 6.05. The Morgan fingerprint density at radius 2 is 1.89 bits per heavy atom. The summed E-state index contributed by atoms with van der Waals surface area (Å²) in [4.78, 5) is 11.6. The van der Waals surface area contributed by atoms with E-state index in [0.717, 1.165) is 5.56 Å². The minimum absolute atomic E-state index is 0.0273. The summed E-state index contributed by atoms with van der Waals surface area (Å²) in [7, 11) is 0. The maximum absolute atomic E-state index is 11.6. The van der Waals surface area contributed by atoms with Crippen LogP contribution in [-0.4, -0.2) is 18.5 Å². The minimum atomic E-state index is -0.0563. The summed E-state index contributed by atoms with van der Waals surface area (Å²) in [5.41, 5.74) is 1.62. The van der Waals surface area contributed by atoms with Gasteiger partial charge in [0.05, 0.1) is 24.2 Å². The van der Waals surface area contributed by atoms with Crippen LogP contribution in [0.5, 0.6) is 0 Å². The van der Waals surface area contributed by atoms with Gasteiger partial charge in [-0.1, -0.05) is 26.0 Å². The first-order valence-corrected chi connectivity index (χ1v) is 6.05. The van der Waals surface area contributed by atoms with Crippen LogP contribution in [0.25, 0.3) is 0 Å². The maximum atomic E-state index is 11.6. The van der Waals surface area contributed by atoms with Crippen molar-refractivity contribution in [2.24, 2.45) is 0 Å². The first-order chi connectivity index (χ1) is 8.52. The molecule has 0 radical (unpaired) electrons. The number of nitriles is 1. The number of nitrogens with zero attached hydrogens (tertiary/aromatic N) is 1. The smallest absolute Gasteiger partial charge is 0.234 e. The molecule has 0 aliphatic heterocycles. The predicted molar refractivity (Wildman–Crippen MR) is 70.9 cm³/mol. The standard InChI is InChI=1S/C14H19N3O/c1-10(2)16-9-14(18)17-11(3)13-6-4-12(8-15)5-7-13/h4-7,10-11,16H,9H2,1-3H3,(H,17,18). The van der Waals surface area contributed by atoms with Gasteiger partial charge in [-0.15, -0.1) is 0 Å². The molecule has 1 unspecified atom stereocenters. The molecule has 2 N–H and O–H groups in total. The van der Waals surface area contributed by atoms with E-state index >= 15 is 0 Å². The quantitative estimate of drug-likeness (QED) is 0.830. The Kier molecular flexibility index (Phi) is 5.34. The van der Waals surface area contributed by atoms with Crippen LogP contribution in [0, 0.1) is 11.3 Å². The zero-order chi connectivity index (χ0) is 13.5. The van der Waals surface area contributed by atoms with Crippen molar-refractivity contribution < 1.29 is 4.79 Å². The molecule has 0 aliphatic rings. The van der Waals surface area contributed by atoms with Gasteiger partial charge in [-0.2, -0.15) is 5.26 Å². The van der Waals surface area contributed by atoms with Gasteiger partial charge in [0.2, 0.25) is 5.91 Å². The number of carbonyl (C=O) groups excluding carboxylic acids is 1. The van der Waals surface area contributed by atoms with Crippen LogP contribution in [0.1, 0.15) is 37.9 Å². The van der Waals surface area contributed by atoms with Crippen LogP contribution in [0.4, 0.5) is 0 Å². The fourth-order valence-electron chi connectivity index (χ4n) is 1.52. The molecule has 18 heavy (non-hydrogen) atoms. The Balaban J connectivity index is 2.51. The lowest BCUT2D eigenvalue weighted by atomic mass is 10.1. The largest absolute Gasteiger partial charge is 0.348 e. The Bertz CT molecular complexity index is 431. The van der Waals surface area contributed by atoms with Gasteiger partial charge < -0.3 is 10.6 Å². The van der Waals surface area contributed by atoms with Crippen molar-refractivity contribution in [3.8, 4) is 6.07 Å². The summed E-state index contributed by atoms with van der Waals surface area (Å²) in [6.45, 7) is 6.24. The summed E-state index contributed by atoms with van der Waals surface area (Å²) in [5, 5.41) is 14.7. The highest BCUT2D eigenvalue weighted by Gasteiger charge is 2.09. The molecule has 0 aromatic heterocycles. The number of carbonyl (C=O) groups is 1. The number of hydrogen-bond acceptors (Lipinski definition) is 3. The number of nitrogens with one attached hydrogen (secondary N) is 2. The molecule has 0 saturated carbocycles. The summed E-state index contributed by atoms with van der Waals surface area (Å²) >= 11 is 0. The number of hydrogen-bond donors (Lipinski definition) is 2. The van der Waals surface area contributed by atoms with E-state index in [9.17, 15) is 4.79 Å². The van der Waals surface area contributed by atoms with Gasteiger partial charge in [0.1, 0.15) is 0 Å². The SMILES string of the molecule is CC(C)NCC(=O)NC(C)c1ccc(C#N)cc1. The number of benzene rings is 1. The van der Waals surface area contributed by atoms with Crippen LogP contribution in [-0.2, 0) is 4.79 Å². The summed E-state index contributed by atoms with van der Waals surface area (Å²) in [5.74, 6) is -0.0273. The van der Waals surface area contributed by atoms with Gasteiger partial charge in [-0.05, 0) is 24.6 Å². The minimum Gasteiger partial charge on any atom is -0.348 e.